The summed E-state index contributed by atoms with van der Waals surface area (Å²) < 4.78 is 11.4. The lowest BCUT2D eigenvalue weighted by Gasteiger charge is -2.32. The average molecular weight is 441 g/mol. The van der Waals surface area contributed by atoms with Crippen LogP contribution in [0.5, 0.6) is 5.88 Å². The van der Waals surface area contributed by atoms with Crippen LogP contribution in [0.2, 0.25) is 0 Å². The van der Waals surface area contributed by atoms with E-state index in [1.54, 1.807) is 4.90 Å². The fraction of sp³-hybridized carbons (Fsp3) is 0.478. The van der Waals surface area contributed by atoms with Gasteiger partial charge in [-0.1, -0.05) is 6.92 Å². The number of ether oxygens (including phenoxy) is 2. The third-order valence-electron chi connectivity index (χ3n) is 5.03. The number of likely N-dealkylation sites (tertiary alicyclic amines) is 1. The van der Waals surface area contributed by atoms with Gasteiger partial charge < -0.3 is 30.4 Å². The highest BCUT2D eigenvalue weighted by Gasteiger charge is 2.26. The number of anilines is 3. The maximum Gasteiger partial charge on any atom is 0.410 e. The van der Waals surface area contributed by atoms with Gasteiger partial charge in [-0.2, -0.15) is 0 Å². The van der Waals surface area contributed by atoms with Gasteiger partial charge in [0.25, 0.3) is 0 Å². The molecule has 2 heterocycles. The third-order valence-corrected chi connectivity index (χ3v) is 5.03. The molecule has 0 aliphatic carbocycles. The molecule has 0 bridgehead atoms. The van der Waals surface area contributed by atoms with E-state index >= 15 is 0 Å². The van der Waals surface area contributed by atoms with Gasteiger partial charge in [-0.3, -0.25) is 0 Å². The summed E-state index contributed by atoms with van der Waals surface area (Å²) in [6.07, 6.45) is 4.51. The van der Waals surface area contributed by atoms with Crippen LogP contribution in [-0.4, -0.2) is 59.0 Å². The molecule has 2 aromatic rings. The minimum absolute atomic E-state index is 0.0940. The Morgan fingerprint density at radius 3 is 2.53 bits per heavy atom. The summed E-state index contributed by atoms with van der Waals surface area (Å²) in [5.74, 6) is 0.874. The summed E-state index contributed by atoms with van der Waals surface area (Å²) >= 11 is 0. The van der Waals surface area contributed by atoms with Gasteiger partial charge in [0.1, 0.15) is 18.2 Å². The topological polar surface area (TPSA) is 112 Å². The molecule has 3 N–H and O–H groups in total. The van der Waals surface area contributed by atoms with Crippen molar-refractivity contribution in [3.63, 3.8) is 0 Å². The van der Waals surface area contributed by atoms with Crippen molar-refractivity contribution < 1.29 is 14.3 Å². The maximum absolute atomic E-state index is 12.1. The molecule has 1 saturated heterocycles. The monoisotopic (exact) mass is 440 g/mol. The molecule has 3 rings (SSSR count). The van der Waals surface area contributed by atoms with Crippen molar-refractivity contribution in [1.82, 2.24) is 14.9 Å². The second-order valence-corrected chi connectivity index (χ2v) is 7.95. The standard InChI is InChI=1S/C23H32N6O3/c1-4-11-25-17-5-7-18(8-6-17)28-21-20(14-24)22(27-15-26-21)32-19-9-12-29(13-10-19)23(30)31-16(2)3/h5-8,14-16,19,24-25H,4,9-13H2,1-3H3,(H,26,27,28). The summed E-state index contributed by atoms with van der Waals surface area (Å²) in [5.41, 5.74) is 2.40. The first-order valence-corrected chi connectivity index (χ1v) is 11.1. The van der Waals surface area contributed by atoms with Crippen LogP contribution in [0.4, 0.5) is 22.0 Å². The fourth-order valence-corrected chi connectivity index (χ4v) is 3.37. The Balaban J connectivity index is 1.62. The second kappa shape index (κ2) is 11.3. The molecule has 1 aromatic heterocycles. The predicted octanol–water partition coefficient (Wildman–Crippen LogP) is 4.43. The molecule has 1 aromatic carbocycles. The zero-order valence-electron chi connectivity index (χ0n) is 18.9. The van der Waals surface area contributed by atoms with Gasteiger partial charge in [-0.15, -0.1) is 0 Å². The third kappa shape index (κ3) is 6.32. The summed E-state index contributed by atoms with van der Waals surface area (Å²) in [7, 11) is 0. The van der Waals surface area contributed by atoms with Gasteiger partial charge in [-0.05, 0) is 44.5 Å². The highest BCUT2D eigenvalue weighted by atomic mass is 16.6. The number of carbonyl (C=O) groups is 1. The maximum atomic E-state index is 12.1. The highest BCUT2D eigenvalue weighted by Crippen LogP contribution is 2.26. The van der Waals surface area contributed by atoms with Crippen LogP contribution in [0, 0.1) is 5.41 Å². The molecule has 172 valence electrons. The number of piperidine rings is 1. The van der Waals surface area contributed by atoms with Crippen molar-refractivity contribution in [2.24, 2.45) is 0 Å². The van der Waals surface area contributed by atoms with E-state index in [2.05, 4.69) is 27.5 Å². The molecule has 1 aliphatic heterocycles. The SMILES string of the molecule is CCCNc1ccc(Nc2ncnc(OC3CCN(C(=O)OC(C)C)CC3)c2C=N)cc1. The molecule has 1 fully saturated rings. The van der Waals surface area contributed by atoms with Crippen molar-refractivity contribution >= 4 is 29.5 Å². The summed E-state index contributed by atoms with van der Waals surface area (Å²) in [6, 6.07) is 7.91. The number of aromatic nitrogens is 2. The highest BCUT2D eigenvalue weighted by molar-refractivity contribution is 5.88. The Kier molecular flexibility index (Phi) is 8.24. The molecule has 0 saturated carbocycles. The first-order chi connectivity index (χ1) is 15.5. The van der Waals surface area contributed by atoms with Gasteiger partial charge in [-0.25, -0.2) is 14.8 Å². The van der Waals surface area contributed by atoms with E-state index in [1.165, 1.54) is 12.5 Å². The predicted molar refractivity (Wildman–Crippen MR) is 125 cm³/mol. The van der Waals surface area contributed by atoms with Crippen LogP contribution in [0.3, 0.4) is 0 Å². The van der Waals surface area contributed by atoms with Crippen LogP contribution >= 0.6 is 0 Å². The number of hydrogen-bond donors (Lipinski definition) is 3. The number of hydrogen-bond acceptors (Lipinski definition) is 8. The molecule has 0 unspecified atom stereocenters. The second-order valence-electron chi connectivity index (χ2n) is 7.95. The van der Waals surface area contributed by atoms with Crippen LogP contribution in [-0.2, 0) is 4.74 Å². The van der Waals surface area contributed by atoms with Gasteiger partial charge in [0.05, 0.1) is 11.7 Å². The molecule has 32 heavy (non-hydrogen) atoms. The van der Waals surface area contributed by atoms with E-state index in [0.29, 0.717) is 43.2 Å². The lowest BCUT2D eigenvalue weighted by molar-refractivity contribution is 0.0507. The van der Waals surface area contributed by atoms with Crippen LogP contribution in [0.1, 0.15) is 45.6 Å². The number of benzene rings is 1. The van der Waals surface area contributed by atoms with E-state index in [1.807, 2.05) is 38.1 Å². The molecule has 0 atom stereocenters. The Morgan fingerprint density at radius 1 is 1.22 bits per heavy atom. The van der Waals surface area contributed by atoms with Crippen molar-refractivity contribution in [2.75, 3.05) is 30.3 Å². The van der Waals surface area contributed by atoms with Gasteiger partial charge in [0.15, 0.2) is 0 Å². The quantitative estimate of drug-likeness (QED) is 0.495. The first kappa shape index (κ1) is 23.3. The summed E-state index contributed by atoms with van der Waals surface area (Å²) in [5, 5.41) is 14.5. The number of nitrogens with zero attached hydrogens (tertiary/aromatic N) is 3. The number of amides is 1. The Hall–Kier alpha value is -3.36. The van der Waals surface area contributed by atoms with Crippen LogP contribution in [0.15, 0.2) is 30.6 Å². The smallest absolute Gasteiger partial charge is 0.410 e. The normalized spacial score (nSPS) is 14.2. The Labute approximate surface area is 189 Å². The molecular formula is C23H32N6O3. The van der Waals surface area contributed by atoms with Gasteiger partial charge in [0.2, 0.25) is 5.88 Å². The van der Waals surface area contributed by atoms with Crippen LogP contribution < -0.4 is 15.4 Å². The number of nitrogens with one attached hydrogen (secondary N) is 3. The summed E-state index contributed by atoms with van der Waals surface area (Å²) in [6.45, 7) is 7.85. The van der Waals surface area contributed by atoms with Crippen molar-refractivity contribution in [1.29, 1.82) is 5.41 Å². The summed E-state index contributed by atoms with van der Waals surface area (Å²) in [4.78, 5) is 22.3. The number of rotatable bonds is 9. The largest absolute Gasteiger partial charge is 0.474 e. The fourth-order valence-electron chi connectivity index (χ4n) is 3.37. The van der Waals surface area contributed by atoms with E-state index in [0.717, 1.165) is 24.3 Å². The van der Waals surface area contributed by atoms with E-state index in [4.69, 9.17) is 14.9 Å². The van der Waals surface area contributed by atoms with E-state index in [9.17, 15) is 4.79 Å². The number of carbonyl (C=O) groups excluding carboxylic acids is 1. The van der Waals surface area contributed by atoms with Gasteiger partial charge >= 0.3 is 6.09 Å². The van der Waals surface area contributed by atoms with E-state index < -0.39 is 0 Å². The minimum Gasteiger partial charge on any atom is -0.474 e. The van der Waals surface area contributed by atoms with Crippen LogP contribution in [0.25, 0.3) is 0 Å². The molecule has 9 heteroatoms. The van der Waals surface area contributed by atoms with Crippen molar-refractivity contribution in [3.8, 4) is 5.88 Å². The van der Waals surface area contributed by atoms with Gasteiger partial charge in [0, 0.05) is 50.1 Å². The lowest BCUT2D eigenvalue weighted by atomic mass is 10.1. The average Bonchev–Trinajstić information content (AvgIpc) is 2.79. The minimum atomic E-state index is -0.289. The van der Waals surface area contributed by atoms with E-state index in [-0.39, 0.29) is 18.3 Å². The zero-order valence-corrected chi connectivity index (χ0v) is 18.9. The molecule has 1 aliphatic rings. The molecule has 0 radical (unpaired) electrons. The molecule has 9 nitrogen and oxygen atoms in total. The molecule has 1 amide bonds. The Morgan fingerprint density at radius 2 is 1.91 bits per heavy atom. The van der Waals surface area contributed by atoms with Crippen molar-refractivity contribution in [2.45, 2.75) is 52.2 Å². The first-order valence-electron chi connectivity index (χ1n) is 11.1. The molecule has 0 spiro atoms. The Bertz CT molecular complexity index is 895. The zero-order chi connectivity index (χ0) is 22.9. The lowest BCUT2D eigenvalue weighted by Crippen LogP contribution is -2.42. The van der Waals surface area contributed by atoms with Crippen molar-refractivity contribution in [3.05, 3.63) is 36.2 Å². The molecular weight excluding hydrogens is 408 g/mol.